The van der Waals surface area contributed by atoms with Gasteiger partial charge in [-0.1, -0.05) is 6.07 Å². The van der Waals surface area contributed by atoms with Crippen molar-refractivity contribution in [3.63, 3.8) is 0 Å². The highest BCUT2D eigenvalue weighted by Gasteiger charge is 2.23. The van der Waals surface area contributed by atoms with Crippen LogP contribution < -0.4 is 20.1 Å². The van der Waals surface area contributed by atoms with E-state index in [0.29, 0.717) is 18.2 Å². The van der Waals surface area contributed by atoms with Gasteiger partial charge in [-0.2, -0.15) is 0 Å². The van der Waals surface area contributed by atoms with Crippen molar-refractivity contribution >= 4 is 11.6 Å². The van der Waals surface area contributed by atoms with Crippen LogP contribution in [0.15, 0.2) is 36.7 Å². The second kappa shape index (κ2) is 5.79. The summed E-state index contributed by atoms with van der Waals surface area (Å²) < 4.78 is 10.7. The first-order valence-corrected chi connectivity index (χ1v) is 7.66. The van der Waals surface area contributed by atoms with Gasteiger partial charge in [0.2, 0.25) is 6.79 Å². The first kappa shape index (κ1) is 13.9. The number of ether oxygens (including phenoxy) is 2. The largest absolute Gasteiger partial charge is 0.454 e. The van der Waals surface area contributed by atoms with Crippen LogP contribution in [0.4, 0.5) is 5.69 Å². The van der Waals surface area contributed by atoms with Crippen LogP contribution in [0.3, 0.4) is 0 Å². The van der Waals surface area contributed by atoms with Crippen LogP contribution in [0.5, 0.6) is 11.5 Å². The highest BCUT2D eigenvalue weighted by Crippen LogP contribution is 2.32. The summed E-state index contributed by atoms with van der Waals surface area (Å²) in [4.78, 5) is 16.2. The average Bonchev–Trinajstić information content (AvgIpc) is 3.26. The predicted molar refractivity (Wildman–Crippen MR) is 84.6 cm³/mol. The molecule has 6 nitrogen and oxygen atoms in total. The van der Waals surface area contributed by atoms with Crippen LogP contribution >= 0.6 is 0 Å². The van der Waals surface area contributed by atoms with Gasteiger partial charge >= 0.3 is 0 Å². The number of nitrogens with one attached hydrogen (secondary N) is 2. The first-order chi connectivity index (χ1) is 11.3. The molecule has 0 radical (unpaired) electrons. The Labute approximate surface area is 133 Å². The van der Waals surface area contributed by atoms with Crippen molar-refractivity contribution in [2.75, 3.05) is 12.1 Å². The molecule has 6 heteroatoms. The summed E-state index contributed by atoms with van der Waals surface area (Å²) in [5, 5.41) is 6.24. The molecule has 118 valence electrons. The third-order valence-corrected chi connectivity index (χ3v) is 3.85. The summed E-state index contributed by atoms with van der Waals surface area (Å²) in [6.07, 6.45) is 5.44. The predicted octanol–water partition coefficient (Wildman–Crippen LogP) is 2.31. The number of hydrogen-bond acceptors (Lipinski definition) is 5. The van der Waals surface area contributed by atoms with Crippen LogP contribution in [0.25, 0.3) is 0 Å². The molecule has 1 fully saturated rings. The Morgan fingerprint density at radius 3 is 2.91 bits per heavy atom. The van der Waals surface area contributed by atoms with E-state index in [9.17, 15) is 4.79 Å². The van der Waals surface area contributed by atoms with Crippen molar-refractivity contribution < 1.29 is 14.3 Å². The zero-order valence-corrected chi connectivity index (χ0v) is 12.5. The zero-order chi connectivity index (χ0) is 15.6. The van der Waals surface area contributed by atoms with Crippen LogP contribution in [-0.2, 0) is 6.54 Å². The van der Waals surface area contributed by atoms with E-state index in [4.69, 9.17) is 9.47 Å². The molecule has 1 aliphatic carbocycles. The molecule has 1 aliphatic heterocycles. The van der Waals surface area contributed by atoms with Crippen molar-refractivity contribution in [1.29, 1.82) is 0 Å². The van der Waals surface area contributed by atoms with E-state index in [1.807, 2.05) is 24.3 Å². The molecule has 2 heterocycles. The molecule has 1 amide bonds. The average molecular weight is 311 g/mol. The quantitative estimate of drug-likeness (QED) is 0.886. The van der Waals surface area contributed by atoms with E-state index in [-0.39, 0.29) is 12.7 Å². The van der Waals surface area contributed by atoms with Crippen LogP contribution in [-0.4, -0.2) is 23.7 Å². The molecule has 0 unspecified atom stereocenters. The SMILES string of the molecule is O=C(NC1CC1)c1cncc(NCc2ccc3c(c2)OCO3)c1. The van der Waals surface area contributed by atoms with E-state index in [0.717, 1.165) is 35.6 Å². The highest BCUT2D eigenvalue weighted by atomic mass is 16.7. The van der Waals surface area contributed by atoms with Crippen LogP contribution in [0.2, 0.25) is 0 Å². The van der Waals surface area contributed by atoms with Gasteiger partial charge in [-0.25, -0.2) is 0 Å². The summed E-state index contributed by atoms with van der Waals surface area (Å²) >= 11 is 0. The molecule has 1 saturated carbocycles. The number of carbonyl (C=O) groups excluding carboxylic acids is 1. The fourth-order valence-corrected chi connectivity index (χ4v) is 2.41. The molecule has 1 aromatic heterocycles. The Kier molecular flexibility index (Phi) is 3.49. The Hall–Kier alpha value is -2.76. The maximum Gasteiger partial charge on any atom is 0.253 e. The van der Waals surface area contributed by atoms with E-state index < -0.39 is 0 Å². The second-order valence-corrected chi connectivity index (χ2v) is 5.75. The first-order valence-electron chi connectivity index (χ1n) is 7.66. The fourth-order valence-electron chi connectivity index (χ4n) is 2.41. The number of amides is 1. The lowest BCUT2D eigenvalue weighted by Gasteiger charge is -2.09. The van der Waals surface area contributed by atoms with Gasteiger partial charge in [0.05, 0.1) is 11.3 Å². The lowest BCUT2D eigenvalue weighted by molar-refractivity contribution is 0.0950. The standard InChI is InChI=1S/C17H17N3O3/c21-17(20-13-2-3-13)12-6-14(9-18-8-12)19-7-11-1-4-15-16(5-11)23-10-22-15/h1,4-6,8-9,13,19H,2-3,7,10H2,(H,20,21). The van der Waals surface area contributed by atoms with Crippen molar-refractivity contribution in [1.82, 2.24) is 10.3 Å². The Morgan fingerprint density at radius 1 is 1.17 bits per heavy atom. The van der Waals surface area contributed by atoms with Crippen molar-refractivity contribution in [3.05, 3.63) is 47.8 Å². The second-order valence-electron chi connectivity index (χ2n) is 5.75. The van der Waals surface area contributed by atoms with Crippen molar-refractivity contribution in [2.45, 2.75) is 25.4 Å². The molecular formula is C17H17N3O3. The smallest absolute Gasteiger partial charge is 0.253 e. The minimum atomic E-state index is -0.0632. The van der Waals surface area contributed by atoms with E-state index in [1.54, 1.807) is 12.4 Å². The molecule has 0 bridgehead atoms. The lowest BCUT2D eigenvalue weighted by Crippen LogP contribution is -2.25. The van der Waals surface area contributed by atoms with Gasteiger partial charge in [0.1, 0.15) is 0 Å². The molecule has 4 rings (SSSR count). The molecular weight excluding hydrogens is 294 g/mol. The molecule has 0 spiro atoms. The van der Waals surface area contributed by atoms with Gasteiger partial charge in [-0.05, 0) is 36.6 Å². The lowest BCUT2D eigenvalue weighted by atomic mass is 10.2. The normalized spacial score (nSPS) is 15.3. The summed E-state index contributed by atoms with van der Waals surface area (Å²) in [6.45, 7) is 0.889. The Bertz CT molecular complexity index is 744. The number of nitrogens with zero attached hydrogens (tertiary/aromatic N) is 1. The third kappa shape index (κ3) is 3.21. The summed E-state index contributed by atoms with van der Waals surface area (Å²) in [5.41, 5.74) is 2.46. The number of fused-ring (bicyclic) bond motifs is 1. The van der Waals surface area contributed by atoms with Gasteiger partial charge in [-0.3, -0.25) is 9.78 Å². The zero-order valence-electron chi connectivity index (χ0n) is 12.5. The number of hydrogen-bond donors (Lipinski definition) is 2. The van der Waals surface area contributed by atoms with Gasteiger partial charge in [-0.15, -0.1) is 0 Å². The van der Waals surface area contributed by atoms with Gasteiger partial charge in [0, 0.05) is 25.0 Å². The number of carbonyl (C=O) groups is 1. The van der Waals surface area contributed by atoms with Crippen molar-refractivity contribution in [3.8, 4) is 11.5 Å². The molecule has 2 N–H and O–H groups in total. The number of rotatable bonds is 5. The third-order valence-electron chi connectivity index (χ3n) is 3.85. The van der Waals surface area contributed by atoms with E-state index in [2.05, 4.69) is 15.6 Å². The molecule has 2 aliphatic rings. The number of anilines is 1. The van der Waals surface area contributed by atoms with E-state index >= 15 is 0 Å². The highest BCUT2D eigenvalue weighted by molar-refractivity contribution is 5.95. The monoisotopic (exact) mass is 311 g/mol. The summed E-state index contributed by atoms with van der Waals surface area (Å²) in [7, 11) is 0. The molecule has 0 saturated heterocycles. The summed E-state index contributed by atoms with van der Waals surface area (Å²) in [6, 6.07) is 7.99. The Morgan fingerprint density at radius 2 is 2.04 bits per heavy atom. The molecule has 2 aromatic rings. The molecule has 0 atom stereocenters. The topological polar surface area (TPSA) is 72.5 Å². The van der Waals surface area contributed by atoms with Crippen LogP contribution in [0.1, 0.15) is 28.8 Å². The summed E-state index contributed by atoms with van der Waals surface area (Å²) in [5.74, 6) is 1.47. The maximum absolute atomic E-state index is 12.0. The van der Waals surface area contributed by atoms with Gasteiger partial charge < -0.3 is 20.1 Å². The number of pyridine rings is 1. The maximum atomic E-state index is 12.0. The number of benzene rings is 1. The molecule has 1 aromatic carbocycles. The minimum absolute atomic E-state index is 0.0632. The van der Waals surface area contributed by atoms with E-state index in [1.165, 1.54) is 0 Å². The molecule has 23 heavy (non-hydrogen) atoms. The van der Waals surface area contributed by atoms with Crippen molar-refractivity contribution in [2.24, 2.45) is 0 Å². The van der Waals surface area contributed by atoms with Gasteiger partial charge in [0.25, 0.3) is 5.91 Å². The fraction of sp³-hybridized carbons (Fsp3) is 0.294. The van der Waals surface area contributed by atoms with Gasteiger partial charge in [0.15, 0.2) is 11.5 Å². The van der Waals surface area contributed by atoms with Crippen LogP contribution in [0, 0.1) is 0 Å². The minimum Gasteiger partial charge on any atom is -0.454 e. The number of aromatic nitrogens is 1. The Balaban J connectivity index is 1.41.